The second-order valence-electron chi connectivity index (χ2n) is 6.23. The van der Waals surface area contributed by atoms with Gasteiger partial charge in [0, 0.05) is 12.2 Å². The number of rotatable bonds is 3. The van der Waals surface area contributed by atoms with Crippen LogP contribution < -0.4 is 11.2 Å². The first kappa shape index (κ1) is 15.9. The summed E-state index contributed by atoms with van der Waals surface area (Å²) < 4.78 is 3.65. The van der Waals surface area contributed by atoms with Gasteiger partial charge in [0.2, 0.25) is 5.43 Å². The maximum absolute atomic E-state index is 12.3. The number of fused-ring (bicyclic) bond motifs is 1. The van der Waals surface area contributed by atoms with Crippen LogP contribution in [0.15, 0.2) is 54.0 Å². The van der Waals surface area contributed by atoms with Gasteiger partial charge in [0.15, 0.2) is 5.82 Å². The van der Waals surface area contributed by atoms with Crippen molar-refractivity contribution >= 4 is 5.69 Å². The Bertz CT molecular complexity index is 1110. The molecular formula is C18H17N7O. The number of nitrogen functional groups attached to an aromatic ring is 1. The summed E-state index contributed by atoms with van der Waals surface area (Å²) in [5, 5.41) is 8.16. The lowest BCUT2D eigenvalue weighted by Gasteiger charge is -2.12. The summed E-state index contributed by atoms with van der Waals surface area (Å²) in [6.45, 7) is 4.11. The molecular weight excluding hydrogens is 330 g/mol. The fraction of sp³-hybridized carbons (Fsp3) is 0.167. The maximum Gasteiger partial charge on any atom is 0.212 e. The molecule has 0 fully saturated rings. The SMILES string of the molecule is CC(C)n1cnnc1-c1cccc(-n2cnc3ccc(N)c(=O)c-3c2)n1. The molecule has 2 aromatic rings. The molecule has 0 saturated carbocycles. The van der Waals surface area contributed by atoms with Crippen LogP contribution in [0.3, 0.4) is 0 Å². The van der Waals surface area contributed by atoms with Crippen molar-refractivity contribution in [2.24, 2.45) is 0 Å². The Morgan fingerprint density at radius 2 is 1.92 bits per heavy atom. The summed E-state index contributed by atoms with van der Waals surface area (Å²) in [4.78, 5) is 21.3. The molecule has 8 nitrogen and oxygen atoms in total. The first-order valence-electron chi connectivity index (χ1n) is 8.18. The minimum Gasteiger partial charge on any atom is -0.396 e. The Balaban J connectivity index is 1.84. The highest BCUT2D eigenvalue weighted by Crippen LogP contribution is 2.21. The normalized spacial score (nSPS) is 11.3. The highest BCUT2D eigenvalue weighted by molar-refractivity contribution is 5.65. The topological polar surface area (TPSA) is 105 Å². The van der Waals surface area contributed by atoms with Crippen molar-refractivity contribution in [2.45, 2.75) is 19.9 Å². The molecule has 0 bridgehead atoms. The van der Waals surface area contributed by atoms with Gasteiger partial charge in [-0.3, -0.25) is 9.36 Å². The predicted octanol–water partition coefficient (Wildman–Crippen LogP) is 2.15. The Kier molecular flexibility index (Phi) is 3.72. The zero-order chi connectivity index (χ0) is 18.3. The van der Waals surface area contributed by atoms with Crippen LogP contribution in [-0.4, -0.2) is 29.3 Å². The molecule has 2 N–H and O–H groups in total. The first-order chi connectivity index (χ1) is 12.5. The zero-order valence-electron chi connectivity index (χ0n) is 14.4. The van der Waals surface area contributed by atoms with Gasteiger partial charge >= 0.3 is 0 Å². The average Bonchev–Trinajstić information content (AvgIpc) is 3.15. The molecule has 0 saturated heterocycles. The predicted molar refractivity (Wildman–Crippen MR) is 98.1 cm³/mol. The zero-order valence-corrected chi connectivity index (χ0v) is 14.4. The second kappa shape index (κ2) is 6.07. The quantitative estimate of drug-likeness (QED) is 0.569. The highest BCUT2D eigenvalue weighted by Gasteiger charge is 2.14. The largest absolute Gasteiger partial charge is 0.396 e. The Hall–Kier alpha value is -3.55. The van der Waals surface area contributed by atoms with Gasteiger partial charge in [-0.15, -0.1) is 10.2 Å². The number of pyridine rings is 1. The molecule has 2 aromatic heterocycles. The van der Waals surface area contributed by atoms with Crippen LogP contribution in [0.4, 0.5) is 5.69 Å². The molecule has 0 amide bonds. The Labute approximate surface area is 149 Å². The van der Waals surface area contributed by atoms with Crippen molar-refractivity contribution in [3.05, 3.63) is 59.4 Å². The number of hydrogen-bond donors (Lipinski definition) is 1. The van der Waals surface area contributed by atoms with E-state index in [0.29, 0.717) is 28.6 Å². The van der Waals surface area contributed by atoms with Crippen LogP contribution in [0.1, 0.15) is 19.9 Å². The van der Waals surface area contributed by atoms with Gasteiger partial charge in [-0.2, -0.15) is 0 Å². The number of nitrogens with zero attached hydrogens (tertiary/aromatic N) is 6. The summed E-state index contributed by atoms with van der Waals surface area (Å²) in [5.74, 6) is 1.31. The van der Waals surface area contributed by atoms with Crippen LogP contribution >= 0.6 is 0 Å². The summed E-state index contributed by atoms with van der Waals surface area (Å²) in [6, 6.07) is 9.10. The summed E-state index contributed by atoms with van der Waals surface area (Å²) in [7, 11) is 0. The number of anilines is 1. The van der Waals surface area contributed by atoms with Crippen molar-refractivity contribution in [1.29, 1.82) is 0 Å². The van der Waals surface area contributed by atoms with Crippen molar-refractivity contribution in [2.75, 3.05) is 5.73 Å². The van der Waals surface area contributed by atoms with Crippen LogP contribution in [0.2, 0.25) is 0 Å². The molecule has 0 spiro atoms. The van der Waals surface area contributed by atoms with E-state index in [-0.39, 0.29) is 17.2 Å². The molecule has 0 unspecified atom stereocenters. The van der Waals surface area contributed by atoms with Crippen LogP contribution in [0.5, 0.6) is 0 Å². The number of aromatic nitrogens is 6. The monoisotopic (exact) mass is 347 g/mol. The van der Waals surface area contributed by atoms with Gasteiger partial charge < -0.3 is 10.3 Å². The van der Waals surface area contributed by atoms with Gasteiger partial charge in [-0.05, 0) is 38.1 Å². The summed E-state index contributed by atoms with van der Waals surface area (Å²) in [5.41, 5.74) is 7.42. The molecule has 0 aromatic carbocycles. The van der Waals surface area contributed by atoms with Crippen molar-refractivity contribution in [1.82, 2.24) is 29.3 Å². The van der Waals surface area contributed by atoms with E-state index < -0.39 is 0 Å². The molecule has 130 valence electrons. The van der Waals surface area contributed by atoms with E-state index in [9.17, 15) is 4.79 Å². The van der Waals surface area contributed by atoms with Crippen molar-refractivity contribution in [3.63, 3.8) is 0 Å². The van der Waals surface area contributed by atoms with Crippen molar-refractivity contribution in [3.8, 4) is 28.6 Å². The third-order valence-electron chi connectivity index (χ3n) is 4.15. The van der Waals surface area contributed by atoms with Gasteiger partial charge in [-0.25, -0.2) is 9.97 Å². The standard InChI is InChI=1S/C18H17N7O/c1-11(2)25-10-21-23-18(25)15-4-3-5-16(22-15)24-8-12-14(20-9-24)7-6-13(19)17(12)26/h3-11H,19H2,1-2H3. The van der Waals surface area contributed by atoms with Gasteiger partial charge in [0.25, 0.3) is 0 Å². The molecule has 0 radical (unpaired) electrons. The van der Waals surface area contributed by atoms with E-state index in [0.717, 1.165) is 0 Å². The van der Waals surface area contributed by atoms with E-state index in [1.165, 1.54) is 0 Å². The van der Waals surface area contributed by atoms with Crippen LogP contribution in [0, 0.1) is 0 Å². The molecule has 8 heteroatoms. The molecule has 1 aliphatic carbocycles. The van der Waals surface area contributed by atoms with Gasteiger partial charge in [0.05, 0.1) is 16.9 Å². The number of benzene rings is 1. The maximum atomic E-state index is 12.3. The minimum absolute atomic E-state index is 0.198. The van der Waals surface area contributed by atoms with Crippen molar-refractivity contribution < 1.29 is 0 Å². The lowest BCUT2D eigenvalue weighted by atomic mass is 10.1. The van der Waals surface area contributed by atoms with E-state index >= 15 is 0 Å². The minimum atomic E-state index is -0.236. The highest BCUT2D eigenvalue weighted by atomic mass is 16.1. The van der Waals surface area contributed by atoms with Crippen LogP contribution in [0.25, 0.3) is 28.6 Å². The Morgan fingerprint density at radius 1 is 1.08 bits per heavy atom. The molecule has 3 heterocycles. The van der Waals surface area contributed by atoms with E-state index in [4.69, 9.17) is 5.73 Å². The first-order valence-corrected chi connectivity index (χ1v) is 8.18. The fourth-order valence-electron chi connectivity index (χ4n) is 2.76. The van der Waals surface area contributed by atoms with E-state index in [1.54, 1.807) is 35.6 Å². The molecule has 1 aliphatic heterocycles. The van der Waals surface area contributed by atoms with Gasteiger partial charge in [-0.1, -0.05) is 6.07 Å². The van der Waals surface area contributed by atoms with Gasteiger partial charge in [0.1, 0.15) is 24.2 Å². The lowest BCUT2D eigenvalue weighted by molar-refractivity contribution is 0.603. The number of hydrogen-bond acceptors (Lipinski definition) is 6. The smallest absolute Gasteiger partial charge is 0.212 e. The van der Waals surface area contributed by atoms with E-state index in [2.05, 4.69) is 34.0 Å². The van der Waals surface area contributed by atoms with E-state index in [1.807, 2.05) is 22.8 Å². The Morgan fingerprint density at radius 3 is 2.73 bits per heavy atom. The summed E-state index contributed by atoms with van der Waals surface area (Å²) in [6.07, 6.45) is 5.00. The molecule has 4 rings (SSSR count). The third kappa shape index (κ3) is 2.61. The molecule has 0 atom stereocenters. The lowest BCUT2D eigenvalue weighted by Crippen LogP contribution is -2.14. The van der Waals surface area contributed by atoms with Crippen LogP contribution in [-0.2, 0) is 0 Å². The fourth-order valence-corrected chi connectivity index (χ4v) is 2.76. The summed E-state index contributed by atoms with van der Waals surface area (Å²) >= 11 is 0. The molecule has 2 aliphatic rings. The number of nitrogens with two attached hydrogens (primary N) is 1. The third-order valence-corrected chi connectivity index (χ3v) is 4.15. The average molecular weight is 347 g/mol. The molecule has 26 heavy (non-hydrogen) atoms. The second-order valence-corrected chi connectivity index (χ2v) is 6.23.